The monoisotopic (exact) mass is 405 g/mol. The van der Waals surface area contributed by atoms with Crippen LogP contribution in [0.3, 0.4) is 0 Å². The Morgan fingerprint density at radius 3 is 2.61 bits per heavy atom. The van der Waals surface area contributed by atoms with Crippen molar-refractivity contribution in [1.82, 2.24) is 24.8 Å². The summed E-state index contributed by atoms with van der Waals surface area (Å²) >= 11 is 0. The van der Waals surface area contributed by atoms with E-state index in [1.165, 1.54) is 33.4 Å². The summed E-state index contributed by atoms with van der Waals surface area (Å²) in [5.41, 5.74) is 10.1. The number of nitrogens with zero attached hydrogens (tertiary/aromatic N) is 5. The van der Waals surface area contributed by atoms with Gasteiger partial charge in [0.25, 0.3) is 0 Å². The predicted molar refractivity (Wildman–Crippen MR) is 123 cm³/mol. The van der Waals surface area contributed by atoms with Gasteiger partial charge in [0.05, 0.1) is 11.9 Å². The van der Waals surface area contributed by atoms with E-state index in [0.29, 0.717) is 0 Å². The van der Waals surface area contributed by atoms with E-state index in [1.54, 1.807) is 18.6 Å². The van der Waals surface area contributed by atoms with E-state index in [4.69, 9.17) is 0 Å². The van der Waals surface area contributed by atoms with Gasteiger partial charge in [0, 0.05) is 49.8 Å². The minimum Gasteiger partial charge on any atom is -0.369 e. The molecule has 31 heavy (non-hydrogen) atoms. The van der Waals surface area contributed by atoms with E-state index in [2.05, 4.69) is 80.4 Å². The molecule has 0 bridgehead atoms. The van der Waals surface area contributed by atoms with Gasteiger partial charge in [0.1, 0.15) is 5.69 Å². The SMILES string of the molecule is Cc1cc(-c2ccc(CN3C=Cc4cc(-c5cnccn5)ncc4C3)cc2C)ccn1. The van der Waals surface area contributed by atoms with Crippen molar-refractivity contribution < 1.29 is 0 Å². The summed E-state index contributed by atoms with van der Waals surface area (Å²) in [6.07, 6.45) is 13.3. The van der Waals surface area contributed by atoms with Gasteiger partial charge < -0.3 is 4.90 Å². The molecule has 0 saturated heterocycles. The Kier molecular flexibility index (Phi) is 5.00. The van der Waals surface area contributed by atoms with Gasteiger partial charge in [0.2, 0.25) is 0 Å². The van der Waals surface area contributed by atoms with E-state index >= 15 is 0 Å². The summed E-state index contributed by atoms with van der Waals surface area (Å²) in [5.74, 6) is 0. The van der Waals surface area contributed by atoms with Crippen LogP contribution in [-0.2, 0) is 13.1 Å². The molecule has 4 aromatic rings. The van der Waals surface area contributed by atoms with Gasteiger partial charge in [-0.25, -0.2) is 0 Å². The van der Waals surface area contributed by atoms with E-state index < -0.39 is 0 Å². The predicted octanol–water partition coefficient (Wildman–Crippen LogP) is 5.20. The van der Waals surface area contributed by atoms with Crippen molar-refractivity contribution in [2.45, 2.75) is 26.9 Å². The van der Waals surface area contributed by atoms with Crippen LogP contribution >= 0.6 is 0 Å². The number of benzene rings is 1. The number of hydrogen-bond acceptors (Lipinski definition) is 5. The molecule has 0 amide bonds. The second-order valence-corrected chi connectivity index (χ2v) is 7.91. The Bertz CT molecular complexity index is 1260. The molecule has 1 aliphatic heterocycles. The zero-order chi connectivity index (χ0) is 21.2. The van der Waals surface area contributed by atoms with Crippen LogP contribution in [0.2, 0.25) is 0 Å². The van der Waals surface area contributed by atoms with Crippen LogP contribution in [0, 0.1) is 13.8 Å². The van der Waals surface area contributed by atoms with E-state index in [9.17, 15) is 0 Å². The third-order valence-corrected chi connectivity index (χ3v) is 5.57. The van der Waals surface area contributed by atoms with Gasteiger partial charge >= 0.3 is 0 Å². The van der Waals surface area contributed by atoms with Crippen LogP contribution in [0.1, 0.15) is 27.9 Å². The normalized spacial score (nSPS) is 12.6. The van der Waals surface area contributed by atoms with Crippen molar-refractivity contribution in [1.29, 1.82) is 0 Å². The molecule has 0 spiro atoms. The molecular formula is C26H23N5. The number of rotatable bonds is 4. The van der Waals surface area contributed by atoms with Crippen molar-refractivity contribution in [2.75, 3.05) is 0 Å². The van der Waals surface area contributed by atoms with Gasteiger partial charge in [-0.3, -0.25) is 19.9 Å². The van der Waals surface area contributed by atoms with Crippen LogP contribution in [0.25, 0.3) is 28.6 Å². The first-order valence-corrected chi connectivity index (χ1v) is 10.4. The Balaban J connectivity index is 1.33. The molecule has 0 fully saturated rings. The molecule has 1 aliphatic rings. The van der Waals surface area contributed by atoms with Crippen molar-refractivity contribution in [3.05, 3.63) is 102 Å². The minimum absolute atomic E-state index is 0.793. The maximum absolute atomic E-state index is 4.60. The second kappa shape index (κ2) is 8.11. The first-order chi connectivity index (χ1) is 15.2. The molecule has 5 rings (SSSR count). The molecule has 0 saturated carbocycles. The fraction of sp³-hybridized carbons (Fsp3) is 0.154. The quantitative estimate of drug-likeness (QED) is 0.467. The number of aryl methyl sites for hydroxylation is 2. The zero-order valence-electron chi connectivity index (χ0n) is 17.7. The largest absolute Gasteiger partial charge is 0.369 e. The number of aromatic nitrogens is 4. The van der Waals surface area contributed by atoms with Crippen molar-refractivity contribution in [3.63, 3.8) is 0 Å². The third-order valence-electron chi connectivity index (χ3n) is 5.57. The van der Waals surface area contributed by atoms with E-state index in [1.807, 2.05) is 19.3 Å². The maximum Gasteiger partial charge on any atom is 0.107 e. The van der Waals surface area contributed by atoms with E-state index in [-0.39, 0.29) is 0 Å². The fourth-order valence-electron chi connectivity index (χ4n) is 4.02. The summed E-state index contributed by atoms with van der Waals surface area (Å²) in [5, 5.41) is 0. The molecule has 4 heterocycles. The third kappa shape index (κ3) is 4.08. The maximum atomic E-state index is 4.60. The topological polar surface area (TPSA) is 54.8 Å². The molecule has 1 aromatic carbocycles. The number of pyridine rings is 2. The lowest BCUT2D eigenvalue weighted by Crippen LogP contribution is -2.20. The summed E-state index contributed by atoms with van der Waals surface area (Å²) < 4.78 is 0. The second-order valence-electron chi connectivity index (χ2n) is 7.91. The first kappa shape index (κ1) is 19.1. The van der Waals surface area contributed by atoms with Crippen LogP contribution in [0.5, 0.6) is 0 Å². The molecular weight excluding hydrogens is 382 g/mol. The molecule has 5 nitrogen and oxygen atoms in total. The zero-order valence-corrected chi connectivity index (χ0v) is 17.7. The van der Waals surface area contributed by atoms with Crippen molar-refractivity contribution in [2.24, 2.45) is 0 Å². The standard InChI is InChI=1S/C26H23N5/c1-18-11-20(3-4-24(18)22-5-7-28-19(2)12-22)16-31-10-6-21-13-25(30-14-23(21)17-31)26-15-27-8-9-29-26/h3-15H,16-17H2,1-2H3. The Hall–Kier alpha value is -3.86. The smallest absolute Gasteiger partial charge is 0.107 e. The molecule has 0 atom stereocenters. The summed E-state index contributed by atoms with van der Waals surface area (Å²) in [6.45, 7) is 5.90. The number of fused-ring (bicyclic) bond motifs is 1. The van der Waals surface area contributed by atoms with Crippen LogP contribution in [0.4, 0.5) is 0 Å². The van der Waals surface area contributed by atoms with Crippen molar-refractivity contribution >= 4 is 6.08 Å². The highest BCUT2D eigenvalue weighted by molar-refractivity contribution is 5.67. The van der Waals surface area contributed by atoms with Crippen LogP contribution in [0.15, 0.2) is 73.6 Å². The van der Waals surface area contributed by atoms with Crippen LogP contribution < -0.4 is 0 Å². The van der Waals surface area contributed by atoms with Gasteiger partial charge in [-0.2, -0.15) is 0 Å². The molecule has 0 radical (unpaired) electrons. The molecule has 152 valence electrons. The minimum atomic E-state index is 0.793. The Labute approximate surface area is 182 Å². The van der Waals surface area contributed by atoms with Gasteiger partial charge in [0.15, 0.2) is 0 Å². The first-order valence-electron chi connectivity index (χ1n) is 10.4. The molecule has 5 heteroatoms. The number of hydrogen-bond donors (Lipinski definition) is 0. The van der Waals surface area contributed by atoms with Gasteiger partial charge in [-0.15, -0.1) is 0 Å². The summed E-state index contributed by atoms with van der Waals surface area (Å²) in [7, 11) is 0. The average Bonchev–Trinajstić information content (AvgIpc) is 2.79. The molecule has 0 unspecified atom stereocenters. The Morgan fingerprint density at radius 1 is 0.871 bits per heavy atom. The lowest BCUT2D eigenvalue weighted by molar-refractivity contribution is 0.359. The summed E-state index contributed by atoms with van der Waals surface area (Å²) in [4.78, 5) is 19.7. The highest BCUT2D eigenvalue weighted by Gasteiger charge is 2.14. The Morgan fingerprint density at radius 2 is 1.81 bits per heavy atom. The van der Waals surface area contributed by atoms with Gasteiger partial charge in [-0.1, -0.05) is 18.2 Å². The highest BCUT2D eigenvalue weighted by atomic mass is 15.1. The highest BCUT2D eigenvalue weighted by Crippen LogP contribution is 2.27. The van der Waals surface area contributed by atoms with Crippen molar-refractivity contribution in [3.8, 4) is 22.5 Å². The lowest BCUT2D eigenvalue weighted by atomic mass is 9.98. The van der Waals surface area contributed by atoms with E-state index in [0.717, 1.165) is 30.2 Å². The van der Waals surface area contributed by atoms with Crippen LogP contribution in [-0.4, -0.2) is 24.8 Å². The lowest BCUT2D eigenvalue weighted by Gasteiger charge is -2.26. The van der Waals surface area contributed by atoms with Gasteiger partial charge in [-0.05, 0) is 71.5 Å². The molecule has 0 N–H and O–H groups in total. The fourth-order valence-corrected chi connectivity index (χ4v) is 4.02. The molecule has 3 aromatic heterocycles. The average molecular weight is 406 g/mol. The molecule has 0 aliphatic carbocycles. The summed E-state index contributed by atoms with van der Waals surface area (Å²) in [6, 6.07) is 13.0.